The molecule has 1 aliphatic heterocycles. The molecule has 2 aromatic heterocycles. The molecule has 24 nitrogen and oxygen atoms in total. The van der Waals surface area contributed by atoms with Gasteiger partial charge in [-0.15, -0.1) is 0 Å². The summed E-state index contributed by atoms with van der Waals surface area (Å²) >= 11 is 1.16. The lowest BCUT2D eigenvalue weighted by molar-refractivity contribution is -0.137. The zero-order valence-electron chi connectivity index (χ0n) is 37.7. The highest BCUT2D eigenvalue weighted by Gasteiger charge is 2.50. The van der Waals surface area contributed by atoms with Crippen LogP contribution in [0.4, 0.5) is 5.82 Å². The standard InChI is InChI=1S/C38H68N7O17P3S/c1-4-5-6-7-8-9-10-11-12-13-14-15-16-17-18-29(47)66-22-21-40-28(46)19-20-41-36(50)33(49)38(2,3)24-59-65(56,57)62-64(54,55)58-23-27-32(61-63(51,52)53)31(48)37(60-27)45-26-44-30-34(39)42-25-43-35(30)45/h25-27,31-33,37,48-49H,4-24H2,1-3H3,(H,40,46)(H,41,50)(H,54,55)(H,56,57)(H2,39,42,43)(H2,51,52,53). The number of phosphoric acid groups is 3. The van der Waals surface area contributed by atoms with Crippen LogP contribution in [0.3, 0.4) is 0 Å². The Kier molecular flexibility index (Phi) is 24.8. The molecule has 2 aromatic rings. The van der Waals surface area contributed by atoms with Gasteiger partial charge in [-0.2, -0.15) is 4.31 Å². The van der Waals surface area contributed by atoms with E-state index in [1.54, 1.807) is 0 Å². The summed E-state index contributed by atoms with van der Waals surface area (Å²) in [5.74, 6) is -1.02. The van der Waals surface area contributed by atoms with Crippen LogP contribution < -0.4 is 16.4 Å². The molecule has 3 heterocycles. The number of amides is 2. The van der Waals surface area contributed by atoms with E-state index in [1.807, 2.05) is 0 Å². The largest absolute Gasteiger partial charge is 0.481 e. The topological polar surface area (TPSA) is 364 Å². The predicted octanol–water partition coefficient (Wildman–Crippen LogP) is 4.54. The number of imidazole rings is 1. The fraction of sp³-hybridized carbons (Fsp3) is 0.789. The van der Waals surface area contributed by atoms with Crippen molar-refractivity contribution in [3.05, 3.63) is 12.7 Å². The number of carbonyl (C=O) groups is 3. The Morgan fingerprint density at radius 3 is 2.06 bits per heavy atom. The second-order valence-corrected chi connectivity index (χ2v) is 22.0. The molecule has 1 aliphatic rings. The van der Waals surface area contributed by atoms with Crippen molar-refractivity contribution in [3.63, 3.8) is 0 Å². The Morgan fingerprint density at radius 2 is 1.45 bits per heavy atom. The first-order valence-corrected chi connectivity index (χ1v) is 27.6. The number of aliphatic hydroxyl groups excluding tert-OH is 2. The fourth-order valence-corrected chi connectivity index (χ4v) is 10.4. The van der Waals surface area contributed by atoms with Crippen LogP contribution in [0.1, 0.15) is 130 Å². The minimum absolute atomic E-state index is 0.0339. The van der Waals surface area contributed by atoms with E-state index in [2.05, 4.69) is 41.3 Å². The fourth-order valence-electron chi connectivity index (χ4n) is 6.83. The first-order valence-electron chi connectivity index (χ1n) is 22.1. The predicted molar refractivity (Wildman–Crippen MR) is 242 cm³/mol. The molecule has 0 spiro atoms. The molecule has 378 valence electrons. The second kappa shape index (κ2) is 28.3. The number of nitrogens with two attached hydrogens (primary N) is 1. The van der Waals surface area contributed by atoms with Gasteiger partial charge in [-0.25, -0.2) is 28.6 Å². The number of aromatic nitrogens is 4. The number of carbonyl (C=O) groups excluding carboxylic acids is 3. The van der Waals surface area contributed by atoms with Crippen molar-refractivity contribution in [2.45, 2.75) is 154 Å². The van der Waals surface area contributed by atoms with E-state index >= 15 is 0 Å². The third-order valence-corrected chi connectivity index (χ3v) is 14.5. The number of phosphoric ester groups is 3. The quantitative estimate of drug-likeness (QED) is 0.0343. The Morgan fingerprint density at radius 1 is 0.864 bits per heavy atom. The van der Waals surface area contributed by atoms with Gasteiger partial charge in [0.15, 0.2) is 22.8 Å². The number of nitrogen functional groups attached to an aromatic ring is 1. The zero-order chi connectivity index (χ0) is 49.0. The van der Waals surface area contributed by atoms with Crippen molar-refractivity contribution in [1.29, 1.82) is 0 Å². The number of ether oxygens (including phenoxy) is 1. The smallest absolute Gasteiger partial charge is 0.386 e. The minimum atomic E-state index is -5.57. The number of anilines is 1. The first kappa shape index (κ1) is 57.9. The molecule has 0 aromatic carbocycles. The third kappa shape index (κ3) is 21.1. The average molecular weight is 1020 g/mol. The van der Waals surface area contributed by atoms with Gasteiger partial charge in [-0.1, -0.05) is 116 Å². The average Bonchev–Trinajstić information content (AvgIpc) is 3.80. The number of nitrogens with one attached hydrogen (secondary N) is 2. The number of aliphatic hydroxyl groups is 2. The highest BCUT2D eigenvalue weighted by Crippen LogP contribution is 2.61. The maximum atomic E-state index is 12.7. The van der Waals surface area contributed by atoms with Crippen molar-refractivity contribution >= 4 is 69.1 Å². The molecule has 7 unspecified atom stereocenters. The Balaban J connectivity index is 1.31. The summed E-state index contributed by atoms with van der Waals surface area (Å²) in [5.41, 5.74) is 4.29. The van der Waals surface area contributed by atoms with E-state index in [-0.39, 0.29) is 41.6 Å². The van der Waals surface area contributed by atoms with Crippen LogP contribution >= 0.6 is 35.2 Å². The van der Waals surface area contributed by atoms with Crippen LogP contribution in [-0.2, 0) is 50.7 Å². The summed E-state index contributed by atoms with van der Waals surface area (Å²) in [7, 11) is -16.4. The highest BCUT2D eigenvalue weighted by molar-refractivity contribution is 8.13. The van der Waals surface area contributed by atoms with Crippen LogP contribution in [0.5, 0.6) is 0 Å². The Bertz CT molecular complexity index is 1980. The molecule has 66 heavy (non-hydrogen) atoms. The summed E-state index contributed by atoms with van der Waals surface area (Å²) in [6.45, 7) is 2.82. The number of unbranched alkanes of at least 4 members (excludes halogenated alkanes) is 13. The van der Waals surface area contributed by atoms with Crippen molar-refractivity contribution in [2.75, 3.05) is 37.8 Å². The molecule has 1 fully saturated rings. The monoisotopic (exact) mass is 1020 g/mol. The SMILES string of the molecule is CCCCCCCCCCCCCCCCC(=O)SCCNC(=O)CCNC(=O)C(O)C(C)(C)COP(=O)(O)OP(=O)(O)OCC1OC(n2cnc3c(N)ncnc32)C(O)C1OP(=O)(O)O. The first-order chi connectivity index (χ1) is 31.1. The molecule has 28 heteroatoms. The summed E-state index contributed by atoms with van der Waals surface area (Å²) in [6.07, 6.45) is 10.9. The van der Waals surface area contributed by atoms with Gasteiger partial charge in [-0.05, 0) is 6.42 Å². The molecule has 2 amide bonds. The van der Waals surface area contributed by atoms with E-state index in [0.717, 1.165) is 48.2 Å². The van der Waals surface area contributed by atoms with Crippen LogP contribution in [0.25, 0.3) is 11.2 Å². The molecule has 0 saturated carbocycles. The molecule has 1 saturated heterocycles. The minimum Gasteiger partial charge on any atom is -0.386 e. The number of nitrogens with zero attached hydrogens (tertiary/aromatic N) is 4. The summed E-state index contributed by atoms with van der Waals surface area (Å²) in [5, 5.41) is 26.7. The lowest BCUT2D eigenvalue weighted by Gasteiger charge is -2.30. The van der Waals surface area contributed by atoms with Gasteiger partial charge in [0, 0.05) is 37.1 Å². The number of fused-ring (bicyclic) bond motifs is 1. The van der Waals surface area contributed by atoms with Gasteiger partial charge in [-0.3, -0.25) is 32.5 Å². The van der Waals surface area contributed by atoms with Gasteiger partial charge in [0.25, 0.3) is 0 Å². The molecule has 0 bridgehead atoms. The van der Waals surface area contributed by atoms with Crippen LogP contribution in [0.2, 0.25) is 0 Å². The van der Waals surface area contributed by atoms with Crippen LogP contribution in [0.15, 0.2) is 12.7 Å². The van der Waals surface area contributed by atoms with Crippen molar-refractivity contribution in [2.24, 2.45) is 5.41 Å². The lowest BCUT2D eigenvalue weighted by atomic mass is 9.87. The Labute approximate surface area is 388 Å². The molecular weight excluding hydrogens is 951 g/mol. The second-order valence-electron chi connectivity index (χ2n) is 16.6. The van der Waals surface area contributed by atoms with Gasteiger partial charge < -0.3 is 50.9 Å². The van der Waals surface area contributed by atoms with E-state index in [9.17, 15) is 57.9 Å². The number of rotatable bonds is 34. The molecule has 0 aliphatic carbocycles. The molecule has 3 rings (SSSR count). The van der Waals surface area contributed by atoms with E-state index < -0.39 is 84.6 Å². The summed E-state index contributed by atoms with van der Waals surface area (Å²) in [6, 6.07) is 0. The maximum absolute atomic E-state index is 12.7. The summed E-state index contributed by atoms with van der Waals surface area (Å²) < 4.78 is 62.4. The van der Waals surface area contributed by atoms with Crippen LogP contribution in [0, 0.1) is 5.41 Å². The van der Waals surface area contributed by atoms with Gasteiger partial charge in [0.05, 0.1) is 19.5 Å². The normalized spacial score (nSPS) is 20.2. The number of thioether (sulfide) groups is 1. The van der Waals surface area contributed by atoms with Gasteiger partial charge in [0.1, 0.15) is 36.3 Å². The zero-order valence-corrected chi connectivity index (χ0v) is 41.2. The van der Waals surface area contributed by atoms with Crippen molar-refractivity contribution in [3.8, 4) is 0 Å². The number of hydrogen-bond donors (Lipinski definition) is 9. The third-order valence-electron chi connectivity index (χ3n) is 10.5. The van der Waals surface area contributed by atoms with E-state index in [4.69, 9.17) is 19.5 Å². The van der Waals surface area contributed by atoms with Crippen LogP contribution in [-0.4, -0.2) is 123 Å². The lowest BCUT2D eigenvalue weighted by Crippen LogP contribution is -2.46. The summed E-state index contributed by atoms with van der Waals surface area (Å²) in [4.78, 5) is 88.3. The van der Waals surface area contributed by atoms with Gasteiger partial charge in [0.2, 0.25) is 11.8 Å². The molecule has 10 N–H and O–H groups in total. The molecular formula is C38H68N7O17P3S. The van der Waals surface area contributed by atoms with E-state index in [0.29, 0.717) is 12.2 Å². The van der Waals surface area contributed by atoms with E-state index in [1.165, 1.54) is 84.5 Å². The van der Waals surface area contributed by atoms with Crippen molar-refractivity contribution in [1.82, 2.24) is 30.2 Å². The molecule has 0 radical (unpaired) electrons. The Hall–Kier alpha value is -2.44. The highest BCUT2D eigenvalue weighted by atomic mass is 32.2. The molecule has 7 atom stereocenters. The number of hydrogen-bond acceptors (Lipinski definition) is 18. The van der Waals surface area contributed by atoms with Gasteiger partial charge >= 0.3 is 23.5 Å². The van der Waals surface area contributed by atoms with Crippen molar-refractivity contribution < 1.29 is 80.5 Å². The maximum Gasteiger partial charge on any atom is 0.481 e.